The van der Waals surface area contributed by atoms with Gasteiger partial charge in [0.15, 0.2) is 34.6 Å². The van der Waals surface area contributed by atoms with E-state index < -0.39 is 40.5 Å². The van der Waals surface area contributed by atoms with E-state index in [0.717, 1.165) is 30.5 Å². The molecule has 0 radical (unpaired) electrons. The molecule has 0 aliphatic carbocycles. The highest BCUT2D eigenvalue weighted by atomic mass is 19.1. The number of phenolic OH excluding ortho intramolecular Hbond substituents is 4. The molecule has 0 fully saturated rings. The molecule has 7 nitrogen and oxygen atoms in total. The lowest BCUT2D eigenvalue weighted by atomic mass is 10.2. The zero-order chi connectivity index (χ0) is 17.1. The first-order chi connectivity index (χ1) is 10.8. The molecular formula is C14H10F2N2O5. The summed E-state index contributed by atoms with van der Waals surface area (Å²) in [5.74, 6) is -6.55. The maximum absolute atomic E-state index is 13.1. The van der Waals surface area contributed by atoms with Crippen LogP contribution in [0.2, 0.25) is 0 Å². The summed E-state index contributed by atoms with van der Waals surface area (Å²) in [4.78, 5) is 11.7. The lowest BCUT2D eigenvalue weighted by molar-refractivity contribution is 0.0954. The van der Waals surface area contributed by atoms with Crippen LogP contribution in [0.25, 0.3) is 0 Å². The summed E-state index contributed by atoms with van der Waals surface area (Å²) < 4.78 is 26.2. The molecule has 120 valence electrons. The minimum atomic E-state index is -1.19. The third-order valence-corrected chi connectivity index (χ3v) is 2.75. The van der Waals surface area contributed by atoms with Gasteiger partial charge in [-0.1, -0.05) is 0 Å². The highest BCUT2D eigenvalue weighted by Gasteiger charge is 2.13. The monoisotopic (exact) mass is 324 g/mol. The molecule has 0 heterocycles. The average Bonchev–Trinajstić information content (AvgIpc) is 2.49. The van der Waals surface area contributed by atoms with Crippen molar-refractivity contribution in [3.05, 3.63) is 47.0 Å². The summed E-state index contributed by atoms with van der Waals surface area (Å²) in [6.45, 7) is 0. The standard InChI is InChI=1S/C14H10F2N2O5/c15-8-1-6(2-9(16)12(8)21)5-17-18-14(23)7-3-10(19)13(22)11(20)4-7/h1-5,19-22H,(H,18,23)/b17-5+. The number of halogens is 2. The quantitative estimate of drug-likeness (QED) is 0.333. The van der Waals surface area contributed by atoms with E-state index in [0.29, 0.717) is 0 Å². The summed E-state index contributed by atoms with van der Waals surface area (Å²) in [5, 5.41) is 40.1. The SMILES string of the molecule is O=C(N/N=C/c1cc(F)c(O)c(F)c1)c1cc(O)c(O)c(O)c1. The number of aromatic hydroxyl groups is 4. The van der Waals surface area contributed by atoms with Gasteiger partial charge in [-0.25, -0.2) is 14.2 Å². The second-order valence-electron chi connectivity index (χ2n) is 4.40. The van der Waals surface area contributed by atoms with Gasteiger partial charge in [0, 0.05) is 11.1 Å². The Kier molecular flexibility index (Phi) is 4.30. The van der Waals surface area contributed by atoms with Crippen molar-refractivity contribution in [1.82, 2.24) is 5.43 Å². The van der Waals surface area contributed by atoms with E-state index in [-0.39, 0.29) is 11.1 Å². The van der Waals surface area contributed by atoms with Gasteiger partial charge in [0.2, 0.25) is 0 Å². The van der Waals surface area contributed by atoms with Gasteiger partial charge in [0.1, 0.15) is 0 Å². The van der Waals surface area contributed by atoms with Crippen molar-refractivity contribution in [1.29, 1.82) is 0 Å². The Morgan fingerprint density at radius 2 is 1.48 bits per heavy atom. The van der Waals surface area contributed by atoms with E-state index in [1.807, 2.05) is 5.43 Å². The van der Waals surface area contributed by atoms with Crippen LogP contribution in [0.4, 0.5) is 8.78 Å². The summed E-state index contributed by atoms with van der Waals surface area (Å²) in [6, 6.07) is 3.37. The molecule has 0 bridgehead atoms. The third-order valence-electron chi connectivity index (χ3n) is 2.75. The fourth-order valence-corrected chi connectivity index (χ4v) is 1.62. The molecule has 0 unspecified atom stereocenters. The van der Waals surface area contributed by atoms with Crippen LogP contribution in [0.3, 0.4) is 0 Å². The molecule has 2 rings (SSSR count). The highest BCUT2D eigenvalue weighted by Crippen LogP contribution is 2.35. The maximum Gasteiger partial charge on any atom is 0.271 e. The summed E-state index contributed by atoms with van der Waals surface area (Å²) in [6.07, 6.45) is 0.920. The predicted octanol–water partition coefficient (Wildman–Crippen LogP) is 1.55. The largest absolute Gasteiger partial charge is 0.504 e. The first-order valence-corrected chi connectivity index (χ1v) is 6.06. The van der Waals surface area contributed by atoms with Gasteiger partial charge in [-0.05, 0) is 24.3 Å². The van der Waals surface area contributed by atoms with Crippen LogP contribution in [-0.4, -0.2) is 32.5 Å². The number of rotatable bonds is 3. The van der Waals surface area contributed by atoms with E-state index >= 15 is 0 Å². The summed E-state index contributed by atoms with van der Waals surface area (Å²) in [5.41, 5.74) is 1.72. The lowest BCUT2D eigenvalue weighted by Gasteiger charge is -2.04. The first kappa shape index (κ1) is 16.0. The molecule has 0 spiro atoms. The van der Waals surface area contributed by atoms with Crippen molar-refractivity contribution in [3.63, 3.8) is 0 Å². The molecular weight excluding hydrogens is 314 g/mol. The molecule has 9 heteroatoms. The van der Waals surface area contributed by atoms with Gasteiger partial charge in [-0.3, -0.25) is 4.79 Å². The van der Waals surface area contributed by atoms with Crippen molar-refractivity contribution in [2.24, 2.45) is 5.10 Å². The Hall–Kier alpha value is -3.36. The zero-order valence-electron chi connectivity index (χ0n) is 11.3. The summed E-state index contributed by atoms with van der Waals surface area (Å²) in [7, 11) is 0. The topological polar surface area (TPSA) is 122 Å². The molecule has 2 aromatic carbocycles. The molecule has 23 heavy (non-hydrogen) atoms. The fourth-order valence-electron chi connectivity index (χ4n) is 1.62. The van der Waals surface area contributed by atoms with Crippen molar-refractivity contribution < 1.29 is 34.0 Å². The Morgan fingerprint density at radius 3 is 2.00 bits per heavy atom. The van der Waals surface area contributed by atoms with Crippen LogP contribution in [0.15, 0.2) is 29.4 Å². The van der Waals surface area contributed by atoms with Crippen molar-refractivity contribution in [3.8, 4) is 23.0 Å². The third kappa shape index (κ3) is 3.46. The van der Waals surface area contributed by atoms with Crippen LogP contribution in [0.1, 0.15) is 15.9 Å². The molecule has 0 saturated heterocycles. The Balaban J connectivity index is 2.13. The minimum Gasteiger partial charge on any atom is -0.504 e. The second kappa shape index (κ2) is 6.18. The first-order valence-electron chi connectivity index (χ1n) is 6.06. The number of carbonyl (C=O) groups excluding carboxylic acids is 1. The number of hydrazone groups is 1. The minimum absolute atomic E-state index is 0.0606. The van der Waals surface area contributed by atoms with E-state index in [1.54, 1.807) is 0 Å². The second-order valence-corrected chi connectivity index (χ2v) is 4.40. The number of nitrogens with zero attached hydrogens (tertiary/aromatic N) is 1. The number of hydrogen-bond donors (Lipinski definition) is 5. The average molecular weight is 324 g/mol. The van der Waals surface area contributed by atoms with E-state index in [1.165, 1.54) is 0 Å². The molecule has 0 atom stereocenters. The molecule has 1 amide bonds. The van der Waals surface area contributed by atoms with Crippen LogP contribution in [0.5, 0.6) is 23.0 Å². The predicted molar refractivity (Wildman–Crippen MR) is 74.5 cm³/mol. The van der Waals surface area contributed by atoms with E-state index in [4.69, 9.17) is 10.2 Å². The molecule has 5 N–H and O–H groups in total. The number of phenols is 4. The number of carbonyl (C=O) groups is 1. The van der Waals surface area contributed by atoms with Crippen molar-refractivity contribution in [2.75, 3.05) is 0 Å². The van der Waals surface area contributed by atoms with Crippen LogP contribution in [0, 0.1) is 11.6 Å². The van der Waals surface area contributed by atoms with Crippen molar-refractivity contribution in [2.45, 2.75) is 0 Å². The van der Waals surface area contributed by atoms with Gasteiger partial charge >= 0.3 is 0 Å². The molecule has 0 aromatic heterocycles. The van der Waals surface area contributed by atoms with Crippen LogP contribution < -0.4 is 5.43 Å². The van der Waals surface area contributed by atoms with Gasteiger partial charge in [0.05, 0.1) is 6.21 Å². The van der Waals surface area contributed by atoms with E-state index in [2.05, 4.69) is 5.10 Å². The number of hydrogen-bond acceptors (Lipinski definition) is 6. The zero-order valence-corrected chi connectivity index (χ0v) is 11.3. The van der Waals surface area contributed by atoms with Gasteiger partial charge < -0.3 is 20.4 Å². The number of benzene rings is 2. The van der Waals surface area contributed by atoms with Gasteiger partial charge in [-0.15, -0.1) is 0 Å². The molecule has 2 aromatic rings. The van der Waals surface area contributed by atoms with E-state index in [9.17, 15) is 23.8 Å². The Morgan fingerprint density at radius 1 is 0.957 bits per heavy atom. The van der Waals surface area contributed by atoms with Crippen LogP contribution in [-0.2, 0) is 0 Å². The Labute approximate surface area is 127 Å². The normalized spacial score (nSPS) is 10.9. The molecule has 0 aliphatic heterocycles. The summed E-state index contributed by atoms with van der Waals surface area (Å²) >= 11 is 0. The smallest absolute Gasteiger partial charge is 0.271 e. The Bertz CT molecular complexity index is 762. The molecule has 0 saturated carbocycles. The van der Waals surface area contributed by atoms with Gasteiger partial charge in [-0.2, -0.15) is 5.10 Å². The van der Waals surface area contributed by atoms with Gasteiger partial charge in [0.25, 0.3) is 5.91 Å². The van der Waals surface area contributed by atoms with Crippen LogP contribution >= 0.6 is 0 Å². The number of nitrogens with one attached hydrogen (secondary N) is 1. The fraction of sp³-hybridized carbons (Fsp3) is 0. The number of amides is 1. The lowest BCUT2D eigenvalue weighted by Crippen LogP contribution is -2.17. The van der Waals surface area contributed by atoms with Crippen molar-refractivity contribution >= 4 is 12.1 Å². The maximum atomic E-state index is 13.1. The molecule has 0 aliphatic rings. The highest BCUT2D eigenvalue weighted by molar-refractivity contribution is 5.96.